The average molecular weight is 329 g/mol. The van der Waals surface area contributed by atoms with E-state index in [0.29, 0.717) is 0 Å². The fourth-order valence-electron chi connectivity index (χ4n) is 4.22. The number of aromatic nitrogens is 1. The van der Waals surface area contributed by atoms with E-state index in [1.54, 1.807) is 0 Å². The van der Waals surface area contributed by atoms with E-state index < -0.39 is 0 Å². The highest BCUT2D eigenvalue weighted by molar-refractivity contribution is 5.73. The summed E-state index contributed by atoms with van der Waals surface area (Å²) in [4.78, 5) is 3.46. The second kappa shape index (κ2) is 6.92. The van der Waals surface area contributed by atoms with Crippen LogP contribution >= 0.6 is 0 Å². The first-order chi connectivity index (χ1) is 12.2. The standard InChI is InChI=1S/C24H27N/c1-17-8-13-23(18(2)14-17)22-15-24(25-16-22)21-11-9-20(10-12-21)19-6-4-3-5-7-19/h8-16,19,25H,3-7H2,1-2H3. The Morgan fingerprint density at radius 1 is 0.800 bits per heavy atom. The molecule has 128 valence electrons. The molecule has 0 radical (unpaired) electrons. The highest BCUT2D eigenvalue weighted by atomic mass is 14.7. The first-order valence-corrected chi connectivity index (χ1v) is 9.57. The smallest absolute Gasteiger partial charge is 0.0460 e. The summed E-state index contributed by atoms with van der Waals surface area (Å²) in [7, 11) is 0. The van der Waals surface area contributed by atoms with Crippen LogP contribution in [0.3, 0.4) is 0 Å². The van der Waals surface area contributed by atoms with Gasteiger partial charge in [0.25, 0.3) is 0 Å². The van der Waals surface area contributed by atoms with Crippen LogP contribution in [-0.2, 0) is 0 Å². The second-order valence-electron chi connectivity index (χ2n) is 7.58. The summed E-state index contributed by atoms with van der Waals surface area (Å²) in [5, 5.41) is 0. The molecule has 1 saturated carbocycles. The molecule has 1 aromatic heterocycles. The molecular weight excluding hydrogens is 302 g/mol. The van der Waals surface area contributed by atoms with Gasteiger partial charge in [-0.3, -0.25) is 0 Å². The van der Waals surface area contributed by atoms with Crippen molar-refractivity contribution >= 4 is 0 Å². The summed E-state index contributed by atoms with van der Waals surface area (Å²) >= 11 is 0. The Bertz CT molecular complexity index is 848. The van der Waals surface area contributed by atoms with E-state index in [9.17, 15) is 0 Å². The summed E-state index contributed by atoms with van der Waals surface area (Å²) in [6, 6.07) is 18.2. The van der Waals surface area contributed by atoms with Crippen molar-refractivity contribution in [2.45, 2.75) is 51.9 Å². The minimum Gasteiger partial charge on any atom is -0.361 e. The van der Waals surface area contributed by atoms with Crippen molar-refractivity contribution in [3.8, 4) is 22.4 Å². The minimum atomic E-state index is 0.775. The van der Waals surface area contributed by atoms with Crippen LogP contribution in [-0.4, -0.2) is 4.98 Å². The molecule has 1 aliphatic carbocycles. The summed E-state index contributed by atoms with van der Waals surface area (Å²) in [5.74, 6) is 0.775. The van der Waals surface area contributed by atoms with Crippen LogP contribution < -0.4 is 0 Å². The van der Waals surface area contributed by atoms with Gasteiger partial charge >= 0.3 is 0 Å². The summed E-state index contributed by atoms with van der Waals surface area (Å²) in [6.45, 7) is 4.33. The van der Waals surface area contributed by atoms with E-state index in [1.807, 2.05) is 0 Å². The summed E-state index contributed by atoms with van der Waals surface area (Å²) in [6.07, 6.45) is 9.04. The molecule has 25 heavy (non-hydrogen) atoms. The molecule has 2 aromatic carbocycles. The molecule has 1 heterocycles. The first-order valence-electron chi connectivity index (χ1n) is 9.57. The lowest BCUT2D eigenvalue weighted by Gasteiger charge is -2.22. The number of hydrogen-bond acceptors (Lipinski definition) is 0. The van der Waals surface area contributed by atoms with Crippen molar-refractivity contribution in [2.75, 3.05) is 0 Å². The SMILES string of the molecule is Cc1ccc(-c2c[nH]c(-c3ccc(C4CCCCC4)cc3)c2)c(C)c1. The third-order valence-electron chi connectivity index (χ3n) is 5.67. The molecule has 0 aliphatic heterocycles. The van der Waals surface area contributed by atoms with E-state index >= 15 is 0 Å². The zero-order valence-corrected chi connectivity index (χ0v) is 15.3. The normalized spacial score (nSPS) is 15.4. The number of nitrogens with one attached hydrogen (secondary N) is 1. The maximum atomic E-state index is 3.46. The molecular formula is C24H27N. The van der Waals surface area contributed by atoms with E-state index in [1.165, 1.54) is 71.2 Å². The first kappa shape index (κ1) is 16.2. The van der Waals surface area contributed by atoms with Gasteiger partial charge in [-0.05, 0) is 60.9 Å². The maximum Gasteiger partial charge on any atom is 0.0460 e. The largest absolute Gasteiger partial charge is 0.361 e. The number of aryl methyl sites for hydroxylation is 2. The number of benzene rings is 2. The topological polar surface area (TPSA) is 15.8 Å². The molecule has 1 N–H and O–H groups in total. The van der Waals surface area contributed by atoms with Crippen molar-refractivity contribution in [3.63, 3.8) is 0 Å². The fraction of sp³-hybridized carbons (Fsp3) is 0.333. The van der Waals surface area contributed by atoms with Gasteiger partial charge in [0.2, 0.25) is 0 Å². The van der Waals surface area contributed by atoms with Crippen LogP contribution in [0.2, 0.25) is 0 Å². The van der Waals surface area contributed by atoms with Gasteiger partial charge in [-0.2, -0.15) is 0 Å². The molecule has 3 aromatic rings. The highest BCUT2D eigenvalue weighted by Gasteiger charge is 2.15. The van der Waals surface area contributed by atoms with Gasteiger partial charge in [0.05, 0.1) is 0 Å². The van der Waals surface area contributed by atoms with Gasteiger partial charge < -0.3 is 4.98 Å². The summed E-state index contributed by atoms with van der Waals surface area (Å²) < 4.78 is 0. The predicted molar refractivity (Wildman–Crippen MR) is 107 cm³/mol. The molecule has 1 heteroatoms. The van der Waals surface area contributed by atoms with Crippen LogP contribution in [0, 0.1) is 13.8 Å². The molecule has 1 fully saturated rings. The Morgan fingerprint density at radius 2 is 1.56 bits per heavy atom. The van der Waals surface area contributed by atoms with Crippen molar-refractivity contribution in [1.29, 1.82) is 0 Å². The monoisotopic (exact) mass is 329 g/mol. The Balaban J connectivity index is 1.57. The third kappa shape index (κ3) is 3.42. The zero-order chi connectivity index (χ0) is 17.2. The predicted octanol–water partition coefficient (Wildman–Crippen LogP) is 7.01. The summed E-state index contributed by atoms with van der Waals surface area (Å²) in [5.41, 5.74) is 9.22. The van der Waals surface area contributed by atoms with Gasteiger partial charge in [-0.25, -0.2) is 0 Å². The van der Waals surface area contributed by atoms with Crippen molar-refractivity contribution in [3.05, 3.63) is 71.4 Å². The highest BCUT2D eigenvalue weighted by Crippen LogP contribution is 2.34. The van der Waals surface area contributed by atoms with Gasteiger partial charge in [-0.15, -0.1) is 0 Å². The second-order valence-corrected chi connectivity index (χ2v) is 7.58. The van der Waals surface area contributed by atoms with Crippen LogP contribution in [0.1, 0.15) is 54.7 Å². The lowest BCUT2D eigenvalue weighted by Crippen LogP contribution is -2.04. The molecule has 0 saturated heterocycles. The molecule has 0 amide bonds. The molecule has 4 rings (SSSR count). The number of rotatable bonds is 3. The zero-order valence-electron chi connectivity index (χ0n) is 15.3. The van der Waals surface area contributed by atoms with Gasteiger partial charge in [-0.1, -0.05) is 67.3 Å². The Hall–Kier alpha value is -2.28. The van der Waals surface area contributed by atoms with E-state index in [4.69, 9.17) is 0 Å². The maximum absolute atomic E-state index is 3.46. The third-order valence-corrected chi connectivity index (χ3v) is 5.67. The van der Waals surface area contributed by atoms with Crippen LogP contribution in [0.5, 0.6) is 0 Å². The minimum absolute atomic E-state index is 0.775. The van der Waals surface area contributed by atoms with E-state index in [2.05, 4.69) is 73.6 Å². The molecule has 0 bridgehead atoms. The Morgan fingerprint density at radius 3 is 2.28 bits per heavy atom. The molecule has 0 spiro atoms. The average Bonchev–Trinajstić information content (AvgIpc) is 3.12. The fourth-order valence-corrected chi connectivity index (χ4v) is 4.22. The molecule has 1 nitrogen and oxygen atoms in total. The molecule has 0 atom stereocenters. The van der Waals surface area contributed by atoms with Crippen LogP contribution in [0.25, 0.3) is 22.4 Å². The molecule has 0 unspecified atom stereocenters. The van der Waals surface area contributed by atoms with Crippen molar-refractivity contribution < 1.29 is 0 Å². The van der Waals surface area contributed by atoms with Crippen LogP contribution in [0.4, 0.5) is 0 Å². The van der Waals surface area contributed by atoms with Crippen molar-refractivity contribution in [2.24, 2.45) is 0 Å². The lowest BCUT2D eigenvalue weighted by molar-refractivity contribution is 0.443. The van der Waals surface area contributed by atoms with Crippen LogP contribution in [0.15, 0.2) is 54.7 Å². The molecule has 1 aliphatic rings. The number of hydrogen-bond donors (Lipinski definition) is 1. The van der Waals surface area contributed by atoms with Gasteiger partial charge in [0, 0.05) is 17.5 Å². The Kier molecular flexibility index (Phi) is 4.48. The van der Waals surface area contributed by atoms with Gasteiger partial charge in [0.1, 0.15) is 0 Å². The van der Waals surface area contributed by atoms with Gasteiger partial charge in [0.15, 0.2) is 0 Å². The van der Waals surface area contributed by atoms with Crippen molar-refractivity contribution in [1.82, 2.24) is 4.98 Å². The lowest BCUT2D eigenvalue weighted by atomic mass is 9.84. The quantitative estimate of drug-likeness (QED) is 0.531. The number of aromatic amines is 1. The van der Waals surface area contributed by atoms with E-state index in [-0.39, 0.29) is 0 Å². The Labute approximate surface area is 151 Å². The van der Waals surface area contributed by atoms with E-state index in [0.717, 1.165) is 5.92 Å². The number of H-pyrrole nitrogens is 1.